The molecule has 0 radical (unpaired) electrons. The lowest BCUT2D eigenvalue weighted by atomic mass is 9.88. The number of H-pyrrole nitrogens is 1. The molecule has 22 heavy (non-hydrogen) atoms. The molecule has 1 aliphatic rings. The van der Waals surface area contributed by atoms with Crippen molar-refractivity contribution in [2.24, 2.45) is 0 Å². The van der Waals surface area contributed by atoms with Crippen LogP contribution in [0, 0.1) is 18.3 Å². The summed E-state index contributed by atoms with van der Waals surface area (Å²) in [5, 5.41) is 18.5. The van der Waals surface area contributed by atoms with E-state index in [0.717, 1.165) is 5.56 Å². The molecule has 0 amide bonds. The zero-order valence-electron chi connectivity index (χ0n) is 12.3. The number of benzene rings is 1. The van der Waals surface area contributed by atoms with E-state index in [2.05, 4.69) is 16.0 Å². The summed E-state index contributed by atoms with van der Waals surface area (Å²) in [5.74, 6) is -0.302. The number of aromatic carboxylic acids is 1. The minimum absolute atomic E-state index is 0.179. The summed E-state index contributed by atoms with van der Waals surface area (Å²) in [6.07, 6.45) is 0. The van der Waals surface area contributed by atoms with Gasteiger partial charge in [-0.05, 0) is 31.5 Å². The predicted molar refractivity (Wildman–Crippen MR) is 78.6 cm³/mol. The Bertz CT molecular complexity index is 797. The highest BCUT2D eigenvalue weighted by Crippen LogP contribution is 2.33. The summed E-state index contributed by atoms with van der Waals surface area (Å²) < 4.78 is 5.23. The minimum atomic E-state index is -1.00. The molecule has 2 heterocycles. The van der Waals surface area contributed by atoms with Crippen molar-refractivity contribution in [3.63, 3.8) is 0 Å². The van der Waals surface area contributed by atoms with E-state index in [9.17, 15) is 10.1 Å². The Labute approximate surface area is 127 Å². The average molecular weight is 297 g/mol. The molecule has 1 aromatic heterocycles. The second-order valence-electron chi connectivity index (χ2n) is 5.81. The molecular weight excluding hydrogens is 282 g/mol. The predicted octanol–water partition coefficient (Wildman–Crippen LogP) is 2.24. The van der Waals surface area contributed by atoms with Crippen LogP contribution in [0.1, 0.15) is 34.4 Å². The number of hydrogen-bond acceptors (Lipinski definition) is 4. The minimum Gasteiger partial charge on any atom is -0.478 e. The van der Waals surface area contributed by atoms with Gasteiger partial charge in [0.1, 0.15) is 11.9 Å². The van der Waals surface area contributed by atoms with Gasteiger partial charge in [0, 0.05) is 5.56 Å². The first-order chi connectivity index (χ1) is 10.4. The van der Waals surface area contributed by atoms with Crippen molar-refractivity contribution in [3.05, 3.63) is 40.8 Å². The van der Waals surface area contributed by atoms with E-state index >= 15 is 0 Å². The Hall–Kier alpha value is -2.65. The maximum absolute atomic E-state index is 11.2. The van der Waals surface area contributed by atoms with Gasteiger partial charge in [0.05, 0.1) is 29.9 Å². The van der Waals surface area contributed by atoms with Gasteiger partial charge in [0.2, 0.25) is 0 Å². The van der Waals surface area contributed by atoms with Gasteiger partial charge in [-0.1, -0.05) is 6.07 Å². The van der Waals surface area contributed by atoms with Gasteiger partial charge in [-0.25, -0.2) is 9.78 Å². The van der Waals surface area contributed by atoms with Gasteiger partial charge < -0.3 is 14.8 Å². The van der Waals surface area contributed by atoms with Crippen LogP contribution in [0.2, 0.25) is 0 Å². The Kier molecular flexibility index (Phi) is 3.23. The maximum Gasteiger partial charge on any atom is 0.335 e. The highest BCUT2D eigenvalue weighted by molar-refractivity contribution is 5.90. The van der Waals surface area contributed by atoms with Crippen LogP contribution in [-0.4, -0.2) is 34.3 Å². The third kappa shape index (κ3) is 2.16. The zero-order valence-corrected chi connectivity index (χ0v) is 12.3. The molecule has 1 aliphatic heterocycles. The van der Waals surface area contributed by atoms with Crippen molar-refractivity contribution in [1.29, 1.82) is 5.26 Å². The fourth-order valence-corrected chi connectivity index (χ4v) is 2.50. The SMILES string of the molecule is Cc1ccc(C(=O)O)cc1-c1[nH]c(C2(C)COC2)nc1C#N. The van der Waals surface area contributed by atoms with Crippen LogP contribution >= 0.6 is 0 Å². The molecule has 0 spiro atoms. The molecule has 2 aromatic rings. The summed E-state index contributed by atoms with van der Waals surface area (Å²) in [6, 6.07) is 6.92. The van der Waals surface area contributed by atoms with Crippen LogP contribution in [0.5, 0.6) is 0 Å². The van der Waals surface area contributed by atoms with Crippen LogP contribution < -0.4 is 0 Å². The van der Waals surface area contributed by atoms with Gasteiger partial charge in [-0.3, -0.25) is 0 Å². The maximum atomic E-state index is 11.2. The number of carboxylic acids is 1. The number of imidazole rings is 1. The van der Waals surface area contributed by atoms with E-state index in [1.807, 2.05) is 13.8 Å². The van der Waals surface area contributed by atoms with Crippen LogP contribution in [0.4, 0.5) is 0 Å². The monoisotopic (exact) mass is 297 g/mol. The lowest BCUT2D eigenvalue weighted by Crippen LogP contribution is -2.44. The van der Waals surface area contributed by atoms with E-state index in [-0.39, 0.29) is 16.7 Å². The lowest BCUT2D eigenvalue weighted by Gasteiger charge is -2.36. The summed E-state index contributed by atoms with van der Waals surface area (Å²) in [4.78, 5) is 18.7. The second kappa shape index (κ2) is 4.97. The topological polar surface area (TPSA) is 99.0 Å². The molecule has 0 bridgehead atoms. The first kappa shape index (κ1) is 14.3. The van der Waals surface area contributed by atoms with Crippen molar-refractivity contribution in [1.82, 2.24) is 9.97 Å². The van der Waals surface area contributed by atoms with Crippen molar-refractivity contribution in [2.75, 3.05) is 13.2 Å². The number of carboxylic acid groups (broad SMARTS) is 1. The number of nitrogens with one attached hydrogen (secondary N) is 1. The third-order valence-corrected chi connectivity index (χ3v) is 3.98. The Morgan fingerprint density at radius 3 is 2.77 bits per heavy atom. The van der Waals surface area contributed by atoms with E-state index < -0.39 is 5.97 Å². The van der Waals surface area contributed by atoms with Crippen molar-refractivity contribution >= 4 is 5.97 Å². The van der Waals surface area contributed by atoms with Crippen LogP contribution in [0.3, 0.4) is 0 Å². The number of carbonyl (C=O) groups is 1. The number of ether oxygens (including phenoxy) is 1. The van der Waals surface area contributed by atoms with Crippen LogP contribution in [0.25, 0.3) is 11.3 Å². The molecule has 0 saturated carbocycles. The number of nitrogens with zero attached hydrogens (tertiary/aromatic N) is 2. The molecule has 6 nitrogen and oxygen atoms in total. The Morgan fingerprint density at radius 1 is 1.50 bits per heavy atom. The molecular formula is C16H15N3O3. The zero-order chi connectivity index (χ0) is 15.9. The first-order valence-corrected chi connectivity index (χ1v) is 6.87. The lowest BCUT2D eigenvalue weighted by molar-refractivity contribution is -0.0539. The third-order valence-electron chi connectivity index (χ3n) is 3.98. The number of nitriles is 1. The second-order valence-corrected chi connectivity index (χ2v) is 5.81. The van der Waals surface area contributed by atoms with E-state index in [4.69, 9.17) is 9.84 Å². The molecule has 6 heteroatoms. The van der Waals surface area contributed by atoms with Gasteiger partial charge in [-0.2, -0.15) is 5.26 Å². The van der Waals surface area contributed by atoms with Crippen LogP contribution in [0.15, 0.2) is 18.2 Å². The van der Waals surface area contributed by atoms with Gasteiger partial charge in [0.25, 0.3) is 0 Å². The van der Waals surface area contributed by atoms with Gasteiger partial charge in [0.15, 0.2) is 5.69 Å². The molecule has 0 aliphatic carbocycles. The Balaban J connectivity index is 2.14. The fraction of sp³-hybridized carbons (Fsp3) is 0.312. The van der Waals surface area contributed by atoms with E-state index in [1.165, 1.54) is 0 Å². The summed E-state index contributed by atoms with van der Waals surface area (Å²) in [6.45, 7) is 5.00. The standard InChI is InChI=1S/C16H15N3O3/c1-9-3-4-10(14(20)21)5-11(9)13-12(6-17)18-15(19-13)16(2)7-22-8-16/h3-5H,7-8H2,1-2H3,(H,18,19)(H,20,21). The summed E-state index contributed by atoms with van der Waals surface area (Å²) in [5.41, 5.74) is 2.35. The molecule has 1 aromatic carbocycles. The summed E-state index contributed by atoms with van der Waals surface area (Å²) >= 11 is 0. The van der Waals surface area contributed by atoms with Crippen molar-refractivity contribution < 1.29 is 14.6 Å². The number of aryl methyl sites for hydroxylation is 1. The number of rotatable bonds is 3. The quantitative estimate of drug-likeness (QED) is 0.905. The molecule has 3 rings (SSSR count). The molecule has 1 fully saturated rings. The average Bonchev–Trinajstić information content (AvgIpc) is 2.89. The number of hydrogen-bond donors (Lipinski definition) is 2. The molecule has 2 N–H and O–H groups in total. The van der Waals surface area contributed by atoms with Crippen molar-refractivity contribution in [3.8, 4) is 17.3 Å². The van der Waals surface area contributed by atoms with Gasteiger partial charge in [-0.15, -0.1) is 0 Å². The fourth-order valence-electron chi connectivity index (χ4n) is 2.50. The normalized spacial score (nSPS) is 15.9. The first-order valence-electron chi connectivity index (χ1n) is 6.87. The highest BCUT2D eigenvalue weighted by atomic mass is 16.5. The van der Waals surface area contributed by atoms with E-state index in [1.54, 1.807) is 18.2 Å². The molecule has 1 saturated heterocycles. The van der Waals surface area contributed by atoms with Gasteiger partial charge >= 0.3 is 5.97 Å². The largest absolute Gasteiger partial charge is 0.478 e. The molecule has 0 atom stereocenters. The Morgan fingerprint density at radius 2 is 2.23 bits per heavy atom. The molecule has 0 unspecified atom stereocenters. The number of aromatic nitrogens is 2. The summed E-state index contributed by atoms with van der Waals surface area (Å²) in [7, 11) is 0. The van der Waals surface area contributed by atoms with Crippen LogP contribution in [-0.2, 0) is 10.2 Å². The van der Waals surface area contributed by atoms with Crippen molar-refractivity contribution in [2.45, 2.75) is 19.3 Å². The molecule has 112 valence electrons. The smallest absolute Gasteiger partial charge is 0.335 e. The highest BCUT2D eigenvalue weighted by Gasteiger charge is 2.39. The number of aromatic amines is 1. The van der Waals surface area contributed by atoms with E-state index in [0.29, 0.717) is 30.3 Å².